The molecule has 0 saturated heterocycles. The summed E-state index contributed by atoms with van der Waals surface area (Å²) in [5, 5.41) is 7.03. The molecular formula is C58H35IrN10O. The van der Waals surface area contributed by atoms with Crippen molar-refractivity contribution in [2.24, 2.45) is 0 Å². The van der Waals surface area contributed by atoms with Crippen LogP contribution in [0.15, 0.2) is 218 Å². The van der Waals surface area contributed by atoms with E-state index in [-0.39, 0.29) is 20.1 Å². The first-order valence-corrected chi connectivity index (χ1v) is 22.1. The van der Waals surface area contributed by atoms with Crippen molar-refractivity contribution < 1.29 is 24.5 Å². The van der Waals surface area contributed by atoms with Gasteiger partial charge < -0.3 is 48.4 Å². The number of rotatable bonds is 5. The molecule has 0 N–H and O–H groups in total. The van der Waals surface area contributed by atoms with E-state index in [4.69, 9.17) is 4.42 Å². The molecule has 0 fully saturated rings. The Bertz CT molecular complexity index is 3800. The Morgan fingerprint density at radius 2 is 0.886 bits per heavy atom. The Morgan fingerprint density at radius 3 is 1.37 bits per heavy atom. The fourth-order valence-electron chi connectivity index (χ4n) is 8.87. The van der Waals surface area contributed by atoms with Gasteiger partial charge in [-0.3, -0.25) is 0 Å². The van der Waals surface area contributed by atoms with Crippen LogP contribution in [0.25, 0.3) is 111 Å². The van der Waals surface area contributed by atoms with Crippen molar-refractivity contribution in [1.29, 1.82) is 0 Å². The van der Waals surface area contributed by atoms with E-state index in [9.17, 15) is 0 Å². The summed E-state index contributed by atoms with van der Waals surface area (Å²) in [7, 11) is 0. The first-order valence-electron chi connectivity index (χ1n) is 22.1. The number of pyridine rings is 4. The molecule has 14 rings (SSSR count). The SMILES string of the molecule is [Ir+3].[c-]1ccc2c(oc3ncccc32)c1-c1ccccn1.[c-]1ncncc1-c1cc(-n2c3ccccc3c3ccccc32)ccn1.[c-]1ncncc1-c1cc(-n2c3ccccc3c3ccccc32)ccn1. The number of fused-ring (bicyclic) bond motifs is 9. The molecule has 0 amide bonds. The molecule has 9 aromatic heterocycles. The van der Waals surface area contributed by atoms with Crippen LogP contribution in [0.3, 0.4) is 0 Å². The van der Waals surface area contributed by atoms with Gasteiger partial charge in [0, 0.05) is 75.7 Å². The molecule has 0 spiro atoms. The van der Waals surface area contributed by atoms with Crippen molar-refractivity contribution in [3.8, 4) is 45.1 Å². The molecule has 0 atom stereocenters. The first-order chi connectivity index (χ1) is 34.3. The van der Waals surface area contributed by atoms with E-state index in [1.807, 2.05) is 79.1 Å². The number of benzene rings is 5. The third-order valence-corrected chi connectivity index (χ3v) is 11.9. The summed E-state index contributed by atoms with van der Waals surface area (Å²) in [5.74, 6) is 0. The van der Waals surface area contributed by atoms with E-state index in [0.717, 1.165) is 61.5 Å². The molecule has 12 heteroatoms. The van der Waals surface area contributed by atoms with Gasteiger partial charge in [-0.2, -0.15) is 0 Å². The van der Waals surface area contributed by atoms with Crippen LogP contribution in [0.2, 0.25) is 0 Å². The third-order valence-electron chi connectivity index (χ3n) is 11.9. The van der Waals surface area contributed by atoms with Crippen molar-refractivity contribution >= 4 is 65.7 Å². The van der Waals surface area contributed by atoms with Gasteiger partial charge in [0.25, 0.3) is 0 Å². The van der Waals surface area contributed by atoms with E-state index >= 15 is 0 Å². The predicted molar refractivity (Wildman–Crippen MR) is 270 cm³/mol. The maximum Gasteiger partial charge on any atom is 3.00 e. The van der Waals surface area contributed by atoms with E-state index < -0.39 is 0 Å². The van der Waals surface area contributed by atoms with Crippen molar-refractivity contribution in [2.75, 3.05) is 0 Å². The minimum atomic E-state index is 0. The second-order valence-corrected chi connectivity index (χ2v) is 15.9. The van der Waals surface area contributed by atoms with E-state index in [2.05, 4.69) is 165 Å². The van der Waals surface area contributed by atoms with Crippen molar-refractivity contribution in [2.45, 2.75) is 0 Å². The molecule has 70 heavy (non-hydrogen) atoms. The molecule has 9 heterocycles. The zero-order valence-electron chi connectivity index (χ0n) is 36.9. The molecule has 0 radical (unpaired) electrons. The Morgan fingerprint density at radius 1 is 0.414 bits per heavy atom. The summed E-state index contributed by atoms with van der Waals surface area (Å²) >= 11 is 0. The molecule has 0 aliphatic heterocycles. The minimum absolute atomic E-state index is 0. The molecule has 332 valence electrons. The molecule has 0 aliphatic rings. The summed E-state index contributed by atoms with van der Waals surface area (Å²) in [5.41, 5.74) is 13.1. The van der Waals surface area contributed by atoms with Crippen molar-refractivity contribution in [1.82, 2.24) is 49.0 Å². The van der Waals surface area contributed by atoms with Gasteiger partial charge in [-0.25, -0.2) is 4.98 Å². The Balaban J connectivity index is 0.000000115. The first kappa shape index (κ1) is 43.5. The zero-order valence-corrected chi connectivity index (χ0v) is 39.3. The Hall–Kier alpha value is -9.09. The Kier molecular flexibility index (Phi) is 12.0. The maximum atomic E-state index is 5.86. The molecule has 11 nitrogen and oxygen atoms in total. The van der Waals surface area contributed by atoms with Crippen LogP contribution in [0, 0.1) is 18.5 Å². The third kappa shape index (κ3) is 8.13. The number of para-hydroxylation sites is 4. The minimum Gasteiger partial charge on any atom is -0.486 e. The van der Waals surface area contributed by atoms with Crippen molar-refractivity contribution in [3.05, 3.63) is 232 Å². The zero-order chi connectivity index (χ0) is 45.9. The standard InChI is InChI=1S/2C21H13N4.C16H9N2O.Ir/c2*1-3-7-20-17(5-1)18-6-2-4-8-21(18)25(20)16-9-10-24-19(11-16)15-12-22-14-23-13-15;1-2-9-17-14(8-1)13-6-3-5-11-12-7-4-10-18-16(12)19-15(11)13;/h2*1-12,14H;1-5,7-10H;/q3*-1;+3. The smallest absolute Gasteiger partial charge is 0.486 e. The second-order valence-electron chi connectivity index (χ2n) is 15.9. The summed E-state index contributed by atoms with van der Waals surface area (Å²) < 4.78 is 10.4. The largest absolute Gasteiger partial charge is 3.00 e. The van der Waals surface area contributed by atoms with Gasteiger partial charge in [-0.15, -0.1) is 18.2 Å². The van der Waals surface area contributed by atoms with Crippen LogP contribution in [-0.4, -0.2) is 49.0 Å². The van der Waals surface area contributed by atoms with Crippen LogP contribution in [0.1, 0.15) is 0 Å². The fraction of sp³-hybridized carbons (Fsp3) is 0. The van der Waals surface area contributed by atoms with Gasteiger partial charge in [0.2, 0.25) is 5.71 Å². The second kappa shape index (κ2) is 19.3. The molecule has 0 saturated carbocycles. The normalized spacial score (nSPS) is 11.0. The van der Waals surface area contributed by atoms with Gasteiger partial charge in [-0.1, -0.05) is 132 Å². The maximum absolute atomic E-state index is 5.86. The van der Waals surface area contributed by atoms with Crippen LogP contribution in [0.5, 0.6) is 0 Å². The van der Waals surface area contributed by atoms with Crippen LogP contribution >= 0.6 is 0 Å². The van der Waals surface area contributed by atoms with E-state index in [1.165, 1.54) is 56.3 Å². The molecule has 5 aromatic carbocycles. The summed E-state index contributed by atoms with van der Waals surface area (Å²) in [6.45, 7) is 0. The average molecular weight is 1080 g/mol. The number of furan rings is 1. The van der Waals surface area contributed by atoms with Crippen LogP contribution < -0.4 is 0 Å². The van der Waals surface area contributed by atoms with Gasteiger partial charge >= 0.3 is 20.1 Å². The molecular weight excluding hydrogens is 1040 g/mol. The topological polar surface area (TPSA) is 126 Å². The summed E-state index contributed by atoms with van der Waals surface area (Å²) in [6.07, 6.45) is 19.4. The number of hydrogen-bond donors (Lipinski definition) is 0. The van der Waals surface area contributed by atoms with Crippen molar-refractivity contribution in [3.63, 3.8) is 0 Å². The van der Waals surface area contributed by atoms with Gasteiger partial charge in [-0.05, 0) is 84.1 Å². The molecule has 0 aliphatic carbocycles. The molecule has 0 unspecified atom stereocenters. The molecule has 0 bridgehead atoms. The average Bonchev–Trinajstić information content (AvgIpc) is 4.10. The number of aromatic nitrogens is 10. The van der Waals surface area contributed by atoms with Crippen LogP contribution in [-0.2, 0) is 20.1 Å². The number of nitrogens with zero attached hydrogens (tertiary/aromatic N) is 10. The summed E-state index contributed by atoms with van der Waals surface area (Å²) in [6, 6.07) is 58.8. The monoisotopic (exact) mass is 1080 g/mol. The summed E-state index contributed by atoms with van der Waals surface area (Å²) in [4.78, 5) is 33.6. The predicted octanol–water partition coefficient (Wildman–Crippen LogP) is 12.7. The van der Waals surface area contributed by atoms with Gasteiger partial charge in [0.15, 0.2) is 0 Å². The molecule has 14 aromatic rings. The van der Waals surface area contributed by atoms with E-state index in [1.54, 1.807) is 24.8 Å². The fourth-order valence-corrected chi connectivity index (χ4v) is 8.87. The van der Waals surface area contributed by atoms with E-state index in [0.29, 0.717) is 5.71 Å². The van der Waals surface area contributed by atoms with Gasteiger partial charge in [0.1, 0.15) is 0 Å². The Labute approximate surface area is 414 Å². The van der Waals surface area contributed by atoms with Gasteiger partial charge in [0.05, 0.1) is 27.6 Å². The quantitative estimate of drug-likeness (QED) is 0.155. The van der Waals surface area contributed by atoms with Crippen LogP contribution in [0.4, 0.5) is 0 Å². The number of hydrogen-bond acceptors (Lipinski definition) is 9.